The predicted molar refractivity (Wildman–Crippen MR) is 57.0 cm³/mol. The molecule has 0 aliphatic carbocycles. The van der Waals surface area contributed by atoms with E-state index >= 15 is 0 Å². The van der Waals surface area contributed by atoms with E-state index in [4.69, 9.17) is 0 Å². The lowest BCUT2D eigenvalue weighted by atomic mass is 10.3. The van der Waals surface area contributed by atoms with Crippen molar-refractivity contribution < 1.29 is 8.42 Å². The van der Waals surface area contributed by atoms with E-state index in [1.54, 1.807) is 7.05 Å². The van der Waals surface area contributed by atoms with Crippen LogP contribution in [0.3, 0.4) is 0 Å². The Bertz CT molecular complexity index is 258. The van der Waals surface area contributed by atoms with Crippen molar-refractivity contribution in [3.8, 4) is 0 Å². The molecule has 1 rings (SSSR count). The Morgan fingerprint density at radius 3 is 2.21 bits per heavy atom. The quantitative estimate of drug-likeness (QED) is 0.646. The lowest BCUT2D eigenvalue weighted by molar-refractivity contribution is 0.195. The lowest BCUT2D eigenvalue weighted by Gasteiger charge is -2.34. The Morgan fingerprint density at radius 2 is 1.79 bits per heavy atom. The summed E-state index contributed by atoms with van der Waals surface area (Å²) < 4.78 is 23.9. The van der Waals surface area contributed by atoms with Gasteiger partial charge in [0.1, 0.15) is 0 Å². The van der Waals surface area contributed by atoms with Gasteiger partial charge in [-0.05, 0) is 6.54 Å². The van der Waals surface area contributed by atoms with Gasteiger partial charge in [0.05, 0.1) is 6.26 Å². The molecule has 84 valence electrons. The third-order valence-electron chi connectivity index (χ3n) is 2.44. The zero-order valence-corrected chi connectivity index (χ0v) is 9.63. The summed E-state index contributed by atoms with van der Waals surface area (Å²) in [6.07, 6.45) is 1.27. The van der Waals surface area contributed by atoms with E-state index in [0.29, 0.717) is 13.1 Å². The van der Waals surface area contributed by atoms with Crippen molar-refractivity contribution in [1.29, 1.82) is 0 Å². The van der Waals surface area contributed by atoms with Crippen LogP contribution in [0.15, 0.2) is 0 Å². The van der Waals surface area contributed by atoms with Crippen molar-refractivity contribution in [2.75, 3.05) is 52.6 Å². The Kier molecular flexibility index (Phi) is 4.31. The zero-order chi connectivity index (χ0) is 10.6. The van der Waals surface area contributed by atoms with Gasteiger partial charge in [0.15, 0.2) is 0 Å². The highest BCUT2D eigenvalue weighted by molar-refractivity contribution is 7.88. The first-order valence-electron chi connectivity index (χ1n) is 4.77. The molecule has 1 saturated heterocycles. The molecule has 1 aliphatic rings. The van der Waals surface area contributed by atoms with E-state index in [1.807, 2.05) is 0 Å². The summed E-state index contributed by atoms with van der Waals surface area (Å²) in [5, 5.41) is 4.02. The number of likely N-dealkylation sites (N-methyl/N-ethyl adjacent to an activating group) is 1. The molecule has 0 radical (unpaired) electrons. The summed E-state index contributed by atoms with van der Waals surface area (Å²) in [6, 6.07) is 0. The molecule has 0 aromatic carbocycles. The number of nitrogens with zero attached hydrogens (tertiary/aromatic N) is 3. The maximum Gasteiger partial charge on any atom is 0.211 e. The first-order valence-corrected chi connectivity index (χ1v) is 6.62. The summed E-state index contributed by atoms with van der Waals surface area (Å²) in [4.78, 5) is 2.24. The van der Waals surface area contributed by atoms with Crippen LogP contribution in [0.1, 0.15) is 0 Å². The molecule has 1 heterocycles. The molecule has 0 unspecified atom stereocenters. The van der Waals surface area contributed by atoms with Crippen LogP contribution in [0.25, 0.3) is 5.32 Å². The minimum atomic E-state index is -2.99. The second-order valence-corrected chi connectivity index (χ2v) is 5.53. The van der Waals surface area contributed by atoms with Gasteiger partial charge >= 0.3 is 0 Å². The number of hydrogen-bond donors (Lipinski definition) is 0. The fourth-order valence-corrected chi connectivity index (χ4v) is 2.35. The van der Waals surface area contributed by atoms with Crippen LogP contribution in [-0.2, 0) is 10.0 Å². The zero-order valence-electron chi connectivity index (χ0n) is 8.81. The highest BCUT2D eigenvalue weighted by atomic mass is 32.2. The third kappa shape index (κ3) is 3.53. The van der Waals surface area contributed by atoms with E-state index in [1.165, 1.54) is 10.6 Å². The number of sulfonamides is 1. The average molecular weight is 220 g/mol. The normalized spacial score (nSPS) is 21.3. The van der Waals surface area contributed by atoms with Crippen molar-refractivity contribution >= 4 is 10.0 Å². The van der Waals surface area contributed by atoms with E-state index in [0.717, 1.165) is 26.2 Å². The molecule has 0 aromatic heterocycles. The van der Waals surface area contributed by atoms with E-state index in [9.17, 15) is 8.42 Å². The summed E-state index contributed by atoms with van der Waals surface area (Å²) >= 11 is 0. The summed E-state index contributed by atoms with van der Waals surface area (Å²) in [5.74, 6) is 0. The third-order valence-corrected chi connectivity index (χ3v) is 3.74. The van der Waals surface area contributed by atoms with Gasteiger partial charge in [-0.1, -0.05) is 0 Å². The molecular weight excluding hydrogens is 202 g/mol. The maximum atomic E-state index is 11.2. The summed E-state index contributed by atoms with van der Waals surface area (Å²) in [5.41, 5.74) is 0. The number of piperazine rings is 1. The average Bonchev–Trinajstić information content (AvgIpc) is 2.14. The highest BCUT2D eigenvalue weighted by Crippen LogP contribution is 2.05. The van der Waals surface area contributed by atoms with E-state index in [2.05, 4.69) is 10.2 Å². The fourth-order valence-electron chi connectivity index (χ4n) is 1.53. The van der Waals surface area contributed by atoms with Crippen molar-refractivity contribution in [3.63, 3.8) is 0 Å². The molecule has 0 spiro atoms. The topological polar surface area (TPSA) is 54.7 Å². The van der Waals surface area contributed by atoms with Crippen LogP contribution < -0.4 is 0 Å². The molecule has 5 nitrogen and oxygen atoms in total. The molecule has 1 aliphatic heterocycles. The van der Waals surface area contributed by atoms with Gasteiger partial charge in [0.2, 0.25) is 10.0 Å². The van der Waals surface area contributed by atoms with Crippen LogP contribution >= 0.6 is 0 Å². The molecule has 6 heteroatoms. The Labute approximate surface area is 86.1 Å². The van der Waals surface area contributed by atoms with Crippen LogP contribution in [0.4, 0.5) is 0 Å². The lowest BCUT2D eigenvalue weighted by Crippen LogP contribution is -2.48. The first-order chi connectivity index (χ1) is 6.54. The molecule has 0 aromatic rings. The first kappa shape index (κ1) is 11.9. The smallest absolute Gasteiger partial charge is 0.211 e. The molecule has 14 heavy (non-hydrogen) atoms. The van der Waals surface area contributed by atoms with Gasteiger partial charge in [-0.2, -0.15) is 11.4 Å². The van der Waals surface area contributed by atoms with Crippen LogP contribution in [-0.4, -0.2) is 70.2 Å². The summed E-state index contributed by atoms with van der Waals surface area (Å²) in [6.45, 7) is 4.64. The fraction of sp³-hybridized carbons (Fsp3) is 1.00. The molecule has 0 atom stereocenters. The van der Waals surface area contributed by atoms with Crippen molar-refractivity contribution in [1.82, 2.24) is 9.21 Å². The standard InChI is InChI=1S/C8H18N3O2S/c1-9-3-4-10-5-7-11(8-6-10)14(2,12)13/h3-8H2,1-2H3/q-1. The predicted octanol–water partition coefficient (Wildman–Crippen LogP) is -0.433. The number of hydrogen-bond acceptors (Lipinski definition) is 3. The Hall–Kier alpha value is -0.170. The van der Waals surface area contributed by atoms with Crippen molar-refractivity contribution in [3.05, 3.63) is 5.32 Å². The molecule has 1 fully saturated rings. The van der Waals surface area contributed by atoms with Gasteiger partial charge in [-0.25, -0.2) is 8.42 Å². The SMILES string of the molecule is C[N-]CCN1CCN(S(C)(=O)=O)CC1. The van der Waals surface area contributed by atoms with Gasteiger partial charge in [0, 0.05) is 26.2 Å². The van der Waals surface area contributed by atoms with Gasteiger partial charge in [-0.15, -0.1) is 6.54 Å². The molecule has 0 N–H and O–H groups in total. The van der Waals surface area contributed by atoms with Gasteiger partial charge in [0.25, 0.3) is 0 Å². The van der Waals surface area contributed by atoms with Crippen LogP contribution in [0.2, 0.25) is 0 Å². The van der Waals surface area contributed by atoms with Crippen LogP contribution in [0.5, 0.6) is 0 Å². The van der Waals surface area contributed by atoms with Gasteiger partial charge < -0.3 is 10.2 Å². The second-order valence-electron chi connectivity index (χ2n) is 3.54. The van der Waals surface area contributed by atoms with Crippen molar-refractivity contribution in [2.24, 2.45) is 0 Å². The second kappa shape index (κ2) is 5.06. The van der Waals surface area contributed by atoms with E-state index in [-0.39, 0.29) is 0 Å². The number of rotatable bonds is 4. The van der Waals surface area contributed by atoms with Crippen molar-refractivity contribution in [2.45, 2.75) is 0 Å². The van der Waals surface area contributed by atoms with Crippen LogP contribution in [0, 0.1) is 0 Å². The molecule has 0 saturated carbocycles. The van der Waals surface area contributed by atoms with E-state index < -0.39 is 10.0 Å². The maximum absolute atomic E-state index is 11.2. The Balaban J connectivity index is 2.31. The monoisotopic (exact) mass is 220 g/mol. The minimum Gasteiger partial charge on any atom is -0.664 e. The molecule has 0 bridgehead atoms. The highest BCUT2D eigenvalue weighted by Gasteiger charge is 2.22. The Morgan fingerprint density at radius 1 is 1.21 bits per heavy atom. The van der Waals surface area contributed by atoms with Gasteiger partial charge in [-0.3, -0.25) is 0 Å². The molecular formula is C8H18N3O2S-. The largest absolute Gasteiger partial charge is 0.664 e. The summed E-state index contributed by atoms with van der Waals surface area (Å²) in [7, 11) is -1.19. The minimum absolute atomic E-state index is 0.614. The molecule has 0 amide bonds.